The molecule has 0 N–H and O–H groups in total. The summed E-state index contributed by atoms with van der Waals surface area (Å²) in [6.07, 6.45) is 16.0. The topological polar surface area (TPSA) is 49.2 Å². The van der Waals surface area contributed by atoms with Gasteiger partial charge in [0.2, 0.25) is 0 Å². The molecule has 6 heteroatoms. The molecule has 0 radical (unpaired) electrons. The van der Waals surface area contributed by atoms with Gasteiger partial charge in [-0.1, -0.05) is 58.1 Å². The highest BCUT2D eigenvalue weighted by molar-refractivity contribution is 6.74. The molecule has 0 bridgehead atoms. The predicted molar refractivity (Wildman–Crippen MR) is 153 cm³/mol. The second-order valence-corrected chi connectivity index (χ2v) is 17.5. The van der Waals surface area contributed by atoms with E-state index in [1.165, 1.54) is 67.2 Å². The van der Waals surface area contributed by atoms with E-state index in [1.807, 2.05) is 10.9 Å². The lowest BCUT2D eigenvalue weighted by molar-refractivity contribution is 0.0522. The molecule has 202 valence electrons. The SMILES string of the molecule is Cc1c(C)c2c(c(C)c1O[Si](C)(C)C(C)(C)C)CC[C@@](C)(CCCCCCCCCn1ccnn1)O2. The summed E-state index contributed by atoms with van der Waals surface area (Å²) in [6, 6.07) is 0. The average molecular weight is 514 g/mol. The van der Waals surface area contributed by atoms with Crippen molar-refractivity contribution in [1.29, 1.82) is 0 Å². The molecule has 0 spiro atoms. The minimum Gasteiger partial charge on any atom is -0.543 e. The Morgan fingerprint density at radius 1 is 0.972 bits per heavy atom. The van der Waals surface area contributed by atoms with Gasteiger partial charge in [0.1, 0.15) is 17.1 Å². The van der Waals surface area contributed by atoms with Crippen molar-refractivity contribution in [1.82, 2.24) is 15.0 Å². The largest absolute Gasteiger partial charge is 0.543 e. The summed E-state index contributed by atoms with van der Waals surface area (Å²) in [5.74, 6) is 2.25. The minimum atomic E-state index is -1.90. The first-order chi connectivity index (χ1) is 16.8. The molecule has 2 heterocycles. The highest BCUT2D eigenvalue weighted by Gasteiger charge is 2.41. The Balaban J connectivity index is 1.50. The number of hydrogen-bond donors (Lipinski definition) is 0. The second kappa shape index (κ2) is 11.7. The normalized spacial score (nSPS) is 18.1. The molecule has 0 aliphatic carbocycles. The third kappa shape index (κ3) is 6.93. The molecule has 0 fully saturated rings. The van der Waals surface area contributed by atoms with Crippen molar-refractivity contribution in [2.24, 2.45) is 0 Å². The van der Waals surface area contributed by atoms with Crippen LogP contribution in [0.4, 0.5) is 0 Å². The van der Waals surface area contributed by atoms with Gasteiger partial charge < -0.3 is 9.16 Å². The number of fused-ring (bicyclic) bond motifs is 1. The summed E-state index contributed by atoms with van der Waals surface area (Å²) in [5.41, 5.74) is 5.13. The zero-order valence-electron chi connectivity index (χ0n) is 24.6. The number of ether oxygens (including phenoxy) is 1. The van der Waals surface area contributed by atoms with Crippen LogP contribution in [0.15, 0.2) is 12.4 Å². The van der Waals surface area contributed by atoms with E-state index in [2.05, 4.69) is 71.9 Å². The molecule has 1 aromatic heterocycles. The summed E-state index contributed by atoms with van der Waals surface area (Å²) >= 11 is 0. The third-order valence-corrected chi connectivity index (χ3v) is 13.1. The van der Waals surface area contributed by atoms with Crippen LogP contribution < -0.4 is 9.16 Å². The van der Waals surface area contributed by atoms with Gasteiger partial charge in [0.05, 0.1) is 6.20 Å². The molecule has 0 unspecified atom stereocenters. The zero-order valence-corrected chi connectivity index (χ0v) is 25.6. The van der Waals surface area contributed by atoms with Crippen molar-refractivity contribution in [3.8, 4) is 11.5 Å². The fourth-order valence-electron chi connectivity index (χ4n) is 5.03. The smallest absolute Gasteiger partial charge is 0.250 e. The Labute approximate surface area is 221 Å². The summed E-state index contributed by atoms with van der Waals surface area (Å²) in [6.45, 7) is 21.6. The first-order valence-corrected chi connectivity index (χ1v) is 17.1. The minimum absolute atomic E-state index is 0.0593. The van der Waals surface area contributed by atoms with E-state index < -0.39 is 8.32 Å². The van der Waals surface area contributed by atoms with Gasteiger partial charge >= 0.3 is 0 Å². The van der Waals surface area contributed by atoms with E-state index in [-0.39, 0.29) is 10.6 Å². The first kappa shape index (κ1) is 28.7. The van der Waals surface area contributed by atoms with E-state index in [9.17, 15) is 0 Å². The average Bonchev–Trinajstić information content (AvgIpc) is 3.32. The van der Waals surface area contributed by atoms with E-state index in [4.69, 9.17) is 9.16 Å². The number of rotatable bonds is 12. The summed E-state index contributed by atoms with van der Waals surface area (Å²) in [4.78, 5) is 0. The Bertz CT molecular complexity index is 995. The van der Waals surface area contributed by atoms with Crippen LogP contribution in [0.1, 0.15) is 108 Å². The van der Waals surface area contributed by atoms with Crippen LogP contribution >= 0.6 is 0 Å². The summed E-state index contributed by atoms with van der Waals surface area (Å²) in [5, 5.41) is 8.08. The van der Waals surface area contributed by atoms with Gasteiger partial charge in [0, 0.05) is 18.3 Å². The van der Waals surface area contributed by atoms with E-state index >= 15 is 0 Å². The highest BCUT2D eigenvalue weighted by Crippen LogP contribution is 2.47. The highest BCUT2D eigenvalue weighted by atomic mass is 28.4. The maximum atomic E-state index is 6.85. The van der Waals surface area contributed by atoms with Crippen LogP contribution in [0.25, 0.3) is 0 Å². The zero-order chi connectivity index (χ0) is 26.6. The van der Waals surface area contributed by atoms with Crippen molar-refractivity contribution in [2.75, 3.05) is 0 Å². The molecule has 36 heavy (non-hydrogen) atoms. The monoisotopic (exact) mass is 513 g/mol. The lowest BCUT2D eigenvalue weighted by atomic mass is 9.84. The van der Waals surface area contributed by atoms with Gasteiger partial charge in [-0.2, -0.15) is 0 Å². The molecular weight excluding hydrogens is 462 g/mol. The van der Waals surface area contributed by atoms with Gasteiger partial charge in [-0.3, -0.25) is 4.68 Å². The van der Waals surface area contributed by atoms with Gasteiger partial charge in [0.25, 0.3) is 8.32 Å². The number of aromatic nitrogens is 3. The molecule has 0 saturated carbocycles. The van der Waals surface area contributed by atoms with Crippen molar-refractivity contribution < 1.29 is 9.16 Å². The Hall–Kier alpha value is -1.82. The molecule has 0 amide bonds. The molecule has 1 aliphatic heterocycles. The van der Waals surface area contributed by atoms with E-state index in [0.29, 0.717) is 0 Å². The fraction of sp³-hybridized carbons (Fsp3) is 0.733. The van der Waals surface area contributed by atoms with Crippen molar-refractivity contribution in [3.63, 3.8) is 0 Å². The maximum absolute atomic E-state index is 6.85. The number of aryl methyl sites for hydroxylation is 1. The molecular formula is C30H51N3O2Si. The lowest BCUT2D eigenvalue weighted by Gasteiger charge is -2.41. The van der Waals surface area contributed by atoms with Crippen molar-refractivity contribution in [2.45, 2.75) is 143 Å². The van der Waals surface area contributed by atoms with Gasteiger partial charge in [-0.25, -0.2) is 0 Å². The fourth-order valence-corrected chi connectivity index (χ4v) is 6.15. The van der Waals surface area contributed by atoms with Crippen LogP contribution in [-0.4, -0.2) is 28.9 Å². The van der Waals surface area contributed by atoms with Gasteiger partial charge in [0.15, 0.2) is 0 Å². The summed E-state index contributed by atoms with van der Waals surface area (Å²) < 4.78 is 15.6. The quantitative estimate of drug-likeness (QED) is 0.211. The van der Waals surface area contributed by atoms with Crippen LogP contribution in [0.3, 0.4) is 0 Å². The Morgan fingerprint density at radius 2 is 1.61 bits per heavy atom. The molecule has 2 aromatic rings. The standard InChI is InChI=1S/C30H51N3O2Si/c1-23-24(2)28-26(25(3)27(23)35-36(8,9)29(4,5)6)17-19-30(7,34-28)18-15-13-11-10-12-14-16-21-33-22-20-31-32-33/h20,22H,10-19,21H2,1-9H3/t30-/m1/s1. The number of unbranched alkanes of at least 4 members (excludes halogenated alkanes) is 6. The number of benzene rings is 1. The molecule has 3 rings (SSSR count). The Kier molecular flexibility index (Phi) is 9.34. The Morgan fingerprint density at radius 3 is 2.22 bits per heavy atom. The van der Waals surface area contributed by atoms with Crippen LogP contribution in [-0.2, 0) is 13.0 Å². The molecule has 1 aliphatic rings. The third-order valence-electron chi connectivity index (χ3n) is 8.79. The molecule has 0 saturated heterocycles. The number of hydrogen-bond acceptors (Lipinski definition) is 4. The summed E-state index contributed by atoms with van der Waals surface area (Å²) in [7, 11) is -1.90. The predicted octanol–water partition coefficient (Wildman–Crippen LogP) is 8.49. The van der Waals surface area contributed by atoms with Crippen LogP contribution in [0, 0.1) is 20.8 Å². The molecule has 1 atom stereocenters. The van der Waals surface area contributed by atoms with Gasteiger partial charge in [-0.05, 0) is 94.6 Å². The molecule has 5 nitrogen and oxygen atoms in total. The maximum Gasteiger partial charge on any atom is 0.250 e. The van der Waals surface area contributed by atoms with Crippen molar-refractivity contribution >= 4 is 8.32 Å². The van der Waals surface area contributed by atoms with Crippen LogP contribution in [0.5, 0.6) is 11.5 Å². The lowest BCUT2D eigenvalue weighted by Crippen LogP contribution is -2.44. The second-order valence-electron chi connectivity index (χ2n) is 12.8. The van der Waals surface area contributed by atoms with Crippen molar-refractivity contribution in [3.05, 3.63) is 34.6 Å². The number of nitrogens with zero attached hydrogens (tertiary/aromatic N) is 3. The molecule has 1 aromatic carbocycles. The van der Waals surface area contributed by atoms with E-state index in [0.717, 1.165) is 37.3 Å². The van der Waals surface area contributed by atoms with E-state index in [1.54, 1.807) is 6.20 Å². The van der Waals surface area contributed by atoms with Crippen LogP contribution in [0.2, 0.25) is 18.1 Å². The van der Waals surface area contributed by atoms with Gasteiger partial charge in [-0.15, -0.1) is 5.10 Å². The first-order valence-electron chi connectivity index (χ1n) is 14.2.